The number of halogens is 1. The molecular weight excluding hydrogens is 290 g/mol. The average Bonchev–Trinajstić information content (AvgIpc) is 2.40. The average molecular weight is 304 g/mol. The lowest BCUT2D eigenvalue weighted by atomic mass is 10.2. The van der Waals surface area contributed by atoms with Crippen molar-refractivity contribution >= 4 is 22.0 Å². The van der Waals surface area contributed by atoms with Crippen LogP contribution >= 0.6 is 15.9 Å². The third-order valence-electron chi connectivity index (χ3n) is 2.46. The molecule has 2 aromatic rings. The molecule has 0 radical (unpaired) electrons. The van der Waals surface area contributed by atoms with E-state index < -0.39 is 0 Å². The van der Waals surface area contributed by atoms with E-state index in [-0.39, 0.29) is 0 Å². The summed E-state index contributed by atoms with van der Waals surface area (Å²) < 4.78 is 6.54. The van der Waals surface area contributed by atoms with Gasteiger partial charge in [0.1, 0.15) is 6.61 Å². The van der Waals surface area contributed by atoms with Crippen molar-refractivity contribution in [2.75, 3.05) is 6.61 Å². The highest BCUT2D eigenvalue weighted by molar-refractivity contribution is 9.10. The van der Waals surface area contributed by atoms with Crippen LogP contribution in [-0.4, -0.2) is 11.6 Å². The molecule has 0 saturated carbocycles. The lowest BCUT2D eigenvalue weighted by molar-refractivity contribution is 0.348. The molecule has 0 aliphatic carbocycles. The summed E-state index contributed by atoms with van der Waals surface area (Å²) in [6.07, 6.45) is 5.77. The summed E-state index contributed by atoms with van der Waals surface area (Å²) in [5, 5.41) is 0. The van der Waals surface area contributed by atoms with Crippen LogP contribution < -0.4 is 4.74 Å². The van der Waals surface area contributed by atoms with Gasteiger partial charge in [-0.05, 0) is 40.1 Å². The lowest BCUT2D eigenvalue weighted by Crippen LogP contribution is -1.96. The quantitative estimate of drug-likeness (QED) is 0.842. The van der Waals surface area contributed by atoms with Gasteiger partial charge < -0.3 is 4.74 Å². The van der Waals surface area contributed by atoms with Crippen molar-refractivity contribution in [2.45, 2.75) is 6.92 Å². The summed E-state index contributed by atoms with van der Waals surface area (Å²) in [6, 6.07) is 12.1. The maximum absolute atomic E-state index is 5.54. The van der Waals surface area contributed by atoms with Gasteiger partial charge in [0, 0.05) is 16.7 Å². The van der Waals surface area contributed by atoms with Gasteiger partial charge in [-0.15, -0.1) is 0 Å². The second-order valence-electron chi connectivity index (χ2n) is 3.90. The fourth-order valence-corrected chi connectivity index (χ4v) is 1.69. The third-order valence-corrected chi connectivity index (χ3v) is 3.29. The van der Waals surface area contributed by atoms with Gasteiger partial charge in [0.2, 0.25) is 5.88 Å². The van der Waals surface area contributed by atoms with E-state index in [2.05, 4.69) is 33.0 Å². The van der Waals surface area contributed by atoms with Gasteiger partial charge in [-0.2, -0.15) is 0 Å². The normalized spacial score (nSPS) is 10.8. The van der Waals surface area contributed by atoms with E-state index in [1.807, 2.05) is 43.3 Å². The monoisotopic (exact) mass is 303 g/mol. The van der Waals surface area contributed by atoms with Crippen molar-refractivity contribution < 1.29 is 4.74 Å². The first-order chi connectivity index (χ1) is 8.75. The Morgan fingerprint density at radius 3 is 2.78 bits per heavy atom. The van der Waals surface area contributed by atoms with Crippen LogP contribution in [0.2, 0.25) is 0 Å². The molecule has 18 heavy (non-hydrogen) atoms. The molecule has 0 spiro atoms. The number of nitrogens with zero attached hydrogens (tertiary/aromatic N) is 1. The van der Waals surface area contributed by atoms with Crippen molar-refractivity contribution in [3.63, 3.8) is 0 Å². The third kappa shape index (κ3) is 3.70. The zero-order valence-corrected chi connectivity index (χ0v) is 11.7. The summed E-state index contributed by atoms with van der Waals surface area (Å²) >= 11 is 3.41. The second-order valence-corrected chi connectivity index (χ2v) is 4.75. The maximum Gasteiger partial charge on any atom is 0.213 e. The molecule has 92 valence electrons. The highest BCUT2D eigenvalue weighted by Crippen LogP contribution is 2.18. The van der Waals surface area contributed by atoms with E-state index in [0.29, 0.717) is 12.5 Å². The molecule has 2 rings (SSSR count). The van der Waals surface area contributed by atoms with Crippen molar-refractivity contribution in [1.82, 2.24) is 4.98 Å². The summed E-state index contributed by atoms with van der Waals surface area (Å²) in [5.41, 5.74) is 2.29. The molecule has 0 unspecified atom stereocenters. The molecule has 0 saturated heterocycles. The number of benzene rings is 1. The molecule has 1 aromatic carbocycles. The van der Waals surface area contributed by atoms with Gasteiger partial charge in [-0.1, -0.05) is 36.4 Å². The van der Waals surface area contributed by atoms with E-state index in [4.69, 9.17) is 4.74 Å². The zero-order chi connectivity index (χ0) is 12.8. The Morgan fingerprint density at radius 1 is 1.28 bits per heavy atom. The van der Waals surface area contributed by atoms with Crippen LogP contribution in [0.25, 0.3) is 6.08 Å². The fraction of sp³-hybridized carbons (Fsp3) is 0.133. The number of hydrogen-bond donors (Lipinski definition) is 0. The molecule has 0 fully saturated rings. The smallest absolute Gasteiger partial charge is 0.213 e. The molecule has 0 aliphatic heterocycles. The van der Waals surface area contributed by atoms with E-state index in [9.17, 15) is 0 Å². The minimum absolute atomic E-state index is 0.517. The van der Waals surface area contributed by atoms with E-state index in [1.54, 1.807) is 6.20 Å². The van der Waals surface area contributed by atoms with Crippen LogP contribution in [0.5, 0.6) is 5.88 Å². The highest BCUT2D eigenvalue weighted by Gasteiger charge is 1.98. The zero-order valence-electron chi connectivity index (χ0n) is 10.1. The topological polar surface area (TPSA) is 22.1 Å². The van der Waals surface area contributed by atoms with E-state index in [0.717, 1.165) is 10.0 Å². The van der Waals surface area contributed by atoms with Crippen LogP contribution in [0.4, 0.5) is 0 Å². The molecule has 0 N–H and O–H groups in total. The SMILES string of the molecule is Cc1cc(OC/C=C/c2ccccc2)ncc1Br. The fourth-order valence-electron chi connectivity index (χ4n) is 1.47. The summed E-state index contributed by atoms with van der Waals surface area (Å²) in [7, 11) is 0. The largest absolute Gasteiger partial charge is 0.473 e. The van der Waals surface area contributed by atoms with Crippen LogP contribution in [-0.2, 0) is 0 Å². The molecule has 3 heteroatoms. The molecule has 0 bridgehead atoms. The van der Waals surface area contributed by atoms with Gasteiger partial charge in [-0.25, -0.2) is 4.98 Å². The molecule has 2 nitrogen and oxygen atoms in total. The summed E-state index contributed by atoms with van der Waals surface area (Å²) in [6.45, 7) is 2.53. The standard InChI is InChI=1S/C15H14BrNO/c1-12-10-15(17-11-14(12)16)18-9-5-8-13-6-3-2-4-7-13/h2-8,10-11H,9H2,1H3/b8-5+. The Balaban J connectivity index is 1.89. The number of hydrogen-bond acceptors (Lipinski definition) is 2. The number of aromatic nitrogens is 1. The van der Waals surface area contributed by atoms with Gasteiger partial charge in [0.15, 0.2) is 0 Å². The molecule has 0 atom stereocenters. The van der Waals surface area contributed by atoms with Crippen LogP contribution in [0.3, 0.4) is 0 Å². The van der Waals surface area contributed by atoms with Gasteiger partial charge >= 0.3 is 0 Å². The van der Waals surface area contributed by atoms with Crippen molar-refractivity contribution in [3.05, 3.63) is 64.3 Å². The Bertz CT molecular complexity index is 537. The lowest BCUT2D eigenvalue weighted by Gasteiger charge is -2.03. The predicted octanol–water partition coefficient (Wildman–Crippen LogP) is 4.24. The first kappa shape index (κ1) is 12.8. The predicted molar refractivity (Wildman–Crippen MR) is 77.6 cm³/mol. The Labute approximate surface area is 115 Å². The van der Waals surface area contributed by atoms with Crippen LogP contribution in [0, 0.1) is 6.92 Å². The van der Waals surface area contributed by atoms with Gasteiger partial charge in [0.25, 0.3) is 0 Å². The van der Waals surface area contributed by atoms with E-state index in [1.165, 1.54) is 5.56 Å². The number of pyridine rings is 1. The minimum Gasteiger partial charge on any atom is -0.473 e. The minimum atomic E-state index is 0.517. The molecule has 1 heterocycles. The number of aryl methyl sites for hydroxylation is 1. The van der Waals surface area contributed by atoms with Crippen LogP contribution in [0.15, 0.2) is 53.1 Å². The molecule has 0 amide bonds. The maximum atomic E-state index is 5.54. The second kappa shape index (κ2) is 6.36. The Morgan fingerprint density at radius 2 is 2.06 bits per heavy atom. The molecule has 0 aliphatic rings. The summed E-state index contributed by atoms with van der Waals surface area (Å²) in [4.78, 5) is 4.18. The first-order valence-electron chi connectivity index (χ1n) is 5.72. The van der Waals surface area contributed by atoms with Crippen LogP contribution in [0.1, 0.15) is 11.1 Å². The first-order valence-corrected chi connectivity index (χ1v) is 6.51. The van der Waals surface area contributed by atoms with Crippen molar-refractivity contribution in [3.8, 4) is 5.88 Å². The van der Waals surface area contributed by atoms with Gasteiger partial charge in [-0.3, -0.25) is 0 Å². The highest BCUT2D eigenvalue weighted by atomic mass is 79.9. The number of ether oxygens (including phenoxy) is 1. The van der Waals surface area contributed by atoms with E-state index >= 15 is 0 Å². The Hall–Kier alpha value is -1.61. The molecule has 1 aromatic heterocycles. The van der Waals surface area contributed by atoms with Crippen molar-refractivity contribution in [2.24, 2.45) is 0 Å². The Kier molecular flexibility index (Phi) is 4.53. The number of rotatable bonds is 4. The van der Waals surface area contributed by atoms with Gasteiger partial charge in [0.05, 0.1) is 0 Å². The molecular formula is C15H14BrNO. The summed E-state index contributed by atoms with van der Waals surface area (Å²) in [5.74, 6) is 0.647. The van der Waals surface area contributed by atoms with Crippen molar-refractivity contribution in [1.29, 1.82) is 0 Å².